The maximum absolute atomic E-state index is 5.67. The number of ether oxygens (including phenoxy) is 1. The van der Waals surface area contributed by atoms with E-state index in [9.17, 15) is 0 Å². The molecule has 2 heterocycles. The minimum Gasteiger partial charge on any atom is -0.495 e. The van der Waals surface area contributed by atoms with Crippen molar-refractivity contribution in [3.8, 4) is 16.9 Å². The zero-order chi connectivity index (χ0) is 20.7. The molecule has 5 heteroatoms. The standard InChI is InChI=1S/C25H24N2OS2/c1-4-5-16-7-9-17(10-8-16)18-11-13-20(28-3)23-22(18)27-25(30-23)24-26-19-12-6-15(2)14-21(19)29-24/h6-14,24,26H,4-5H2,1-3H3. The van der Waals surface area contributed by atoms with Gasteiger partial charge < -0.3 is 10.1 Å². The molecule has 0 amide bonds. The predicted octanol–water partition coefficient (Wildman–Crippen LogP) is 7.45. The number of thioether (sulfide) groups is 1. The molecule has 3 aromatic carbocycles. The number of anilines is 1. The fourth-order valence-corrected chi connectivity index (χ4v) is 6.31. The SMILES string of the molecule is CCCc1ccc(-c2ccc(OC)c3sc(C4Nc5ccc(C)cc5S4)nc23)cc1. The first-order valence-corrected chi connectivity index (χ1v) is 12.0. The third-order valence-corrected chi connectivity index (χ3v) is 7.89. The highest BCUT2D eigenvalue weighted by molar-refractivity contribution is 8.00. The number of rotatable bonds is 5. The molecule has 30 heavy (non-hydrogen) atoms. The van der Waals surface area contributed by atoms with Gasteiger partial charge >= 0.3 is 0 Å². The van der Waals surface area contributed by atoms with Crippen molar-refractivity contribution >= 4 is 39.0 Å². The number of hydrogen-bond donors (Lipinski definition) is 1. The molecule has 1 atom stereocenters. The molecule has 1 aliphatic heterocycles. The van der Waals surface area contributed by atoms with E-state index in [-0.39, 0.29) is 5.37 Å². The average Bonchev–Trinajstić information content (AvgIpc) is 3.38. The van der Waals surface area contributed by atoms with E-state index >= 15 is 0 Å². The van der Waals surface area contributed by atoms with Crippen molar-refractivity contribution < 1.29 is 4.74 Å². The van der Waals surface area contributed by atoms with Crippen molar-refractivity contribution in [1.82, 2.24) is 4.98 Å². The summed E-state index contributed by atoms with van der Waals surface area (Å²) in [7, 11) is 1.73. The number of methoxy groups -OCH3 is 1. The topological polar surface area (TPSA) is 34.1 Å². The molecule has 1 aromatic heterocycles. The van der Waals surface area contributed by atoms with Crippen molar-refractivity contribution in [1.29, 1.82) is 0 Å². The first kappa shape index (κ1) is 19.5. The van der Waals surface area contributed by atoms with Gasteiger partial charge in [0.25, 0.3) is 0 Å². The number of hydrogen-bond acceptors (Lipinski definition) is 5. The second kappa shape index (κ2) is 7.97. The Kier molecular flexibility index (Phi) is 5.17. The van der Waals surface area contributed by atoms with Crippen LogP contribution in [0.15, 0.2) is 59.5 Å². The second-order valence-corrected chi connectivity index (χ2v) is 9.81. The average molecular weight is 433 g/mol. The first-order valence-electron chi connectivity index (χ1n) is 10.3. The third-order valence-electron chi connectivity index (χ3n) is 5.44. The lowest BCUT2D eigenvalue weighted by atomic mass is 10.0. The molecule has 0 fully saturated rings. The monoisotopic (exact) mass is 432 g/mol. The van der Waals surface area contributed by atoms with Gasteiger partial charge in [-0.3, -0.25) is 0 Å². The second-order valence-electron chi connectivity index (χ2n) is 7.63. The number of aryl methyl sites for hydroxylation is 2. The van der Waals surface area contributed by atoms with Gasteiger partial charge in [0.2, 0.25) is 0 Å². The van der Waals surface area contributed by atoms with Gasteiger partial charge in [-0.15, -0.1) is 11.3 Å². The van der Waals surface area contributed by atoms with Crippen LogP contribution in [0.3, 0.4) is 0 Å². The van der Waals surface area contributed by atoms with Crippen LogP contribution in [-0.2, 0) is 6.42 Å². The number of nitrogens with one attached hydrogen (secondary N) is 1. The Morgan fingerprint density at radius 3 is 2.67 bits per heavy atom. The molecule has 0 radical (unpaired) electrons. The van der Waals surface area contributed by atoms with Crippen LogP contribution in [0.4, 0.5) is 5.69 Å². The zero-order valence-corrected chi connectivity index (χ0v) is 19.0. The highest BCUT2D eigenvalue weighted by Gasteiger charge is 2.27. The lowest BCUT2D eigenvalue weighted by Gasteiger charge is -2.07. The van der Waals surface area contributed by atoms with Gasteiger partial charge in [-0.2, -0.15) is 0 Å². The molecule has 1 N–H and O–H groups in total. The normalized spacial score (nSPS) is 15.2. The molecular formula is C25H24N2OS2. The molecule has 3 nitrogen and oxygen atoms in total. The van der Waals surface area contributed by atoms with E-state index in [0.717, 1.165) is 39.4 Å². The summed E-state index contributed by atoms with van der Waals surface area (Å²) in [5.41, 5.74) is 7.23. The molecule has 152 valence electrons. The lowest BCUT2D eigenvalue weighted by Crippen LogP contribution is -2.00. The van der Waals surface area contributed by atoms with Crippen molar-refractivity contribution in [2.75, 3.05) is 12.4 Å². The number of aromatic nitrogens is 1. The Labute approximate surface area is 185 Å². The highest BCUT2D eigenvalue weighted by Crippen LogP contribution is 2.49. The van der Waals surface area contributed by atoms with E-state index in [0.29, 0.717) is 0 Å². The van der Waals surface area contributed by atoms with Crippen LogP contribution in [0, 0.1) is 6.92 Å². The zero-order valence-electron chi connectivity index (χ0n) is 17.4. The molecule has 5 rings (SSSR count). The minimum atomic E-state index is 0.128. The Bertz CT molecular complexity index is 1210. The third kappa shape index (κ3) is 3.46. The quantitative estimate of drug-likeness (QED) is 0.355. The highest BCUT2D eigenvalue weighted by atomic mass is 32.2. The Morgan fingerprint density at radius 2 is 1.90 bits per heavy atom. The van der Waals surface area contributed by atoms with E-state index in [4.69, 9.17) is 9.72 Å². The smallest absolute Gasteiger partial charge is 0.138 e. The molecule has 0 spiro atoms. The largest absolute Gasteiger partial charge is 0.495 e. The Hall–Kier alpha value is -2.50. The van der Waals surface area contributed by atoms with E-state index < -0.39 is 0 Å². The van der Waals surface area contributed by atoms with Gasteiger partial charge in [0.15, 0.2) is 0 Å². The molecule has 1 unspecified atom stereocenters. The van der Waals surface area contributed by atoms with Crippen LogP contribution in [0.25, 0.3) is 21.3 Å². The molecular weight excluding hydrogens is 408 g/mol. The molecule has 4 aromatic rings. The van der Waals surface area contributed by atoms with E-state index in [1.165, 1.54) is 27.3 Å². The van der Waals surface area contributed by atoms with Crippen LogP contribution >= 0.6 is 23.1 Å². The van der Waals surface area contributed by atoms with E-state index in [1.807, 2.05) is 11.8 Å². The van der Waals surface area contributed by atoms with Crippen molar-refractivity contribution in [2.24, 2.45) is 0 Å². The van der Waals surface area contributed by atoms with Gasteiger partial charge in [0, 0.05) is 16.1 Å². The summed E-state index contributed by atoms with van der Waals surface area (Å²) in [6.07, 6.45) is 2.28. The van der Waals surface area contributed by atoms with Crippen molar-refractivity contribution in [3.05, 3.63) is 70.7 Å². The van der Waals surface area contributed by atoms with E-state index in [1.54, 1.807) is 18.4 Å². The van der Waals surface area contributed by atoms with Crippen molar-refractivity contribution in [2.45, 2.75) is 37.0 Å². The van der Waals surface area contributed by atoms with Crippen molar-refractivity contribution in [3.63, 3.8) is 0 Å². The van der Waals surface area contributed by atoms with Crippen LogP contribution in [0.5, 0.6) is 5.75 Å². The van der Waals surface area contributed by atoms with Gasteiger partial charge in [0.1, 0.15) is 16.1 Å². The first-order chi connectivity index (χ1) is 14.7. The summed E-state index contributed by atoms with van der Waals surface area (Å²) in [5, 5.41) is 4.84. The van der Waals surface area contributed by atoms with Crippen LogP contribution in [0.2, 0.25) is 0 Å². The van der Waals surface area contributed by atoms with E-state index in [2.05, 4.69) is 73.8 Å². The summed E-state index contributed by atoms with van der Waals surface area (Å²) < 4.78 is 6.77. The molecule has 0 aliphatic carbocycles. The molecule has 0 saturated heterocycles. The lowest BCUT2D eigenvalue weighted by molar-refractivity contribution is 0.420. The maximum Gasteiger partial charge on any atom is 0.138 e. The van der Waals surface area contributed by atoms with Crippen LogP contribution in [0.1, 0.15) is 34.9 Å². The predicted molar refractivity (Wildman–Crippen MR) is 129 cm³/mol. The summed E-state index contributed by atoms with van der Waals surface area (Å²) in [5.74, 6) is 0.886. The molecule has 0 bridgehead atoms. The van der Waals surface area contributed by atoms with Crippen LogP contribution in [-0.4, -0.2) is 12.1 Å². The van der Waals surface area contributed by atoms with Gasteiger partial charge in [0.05, 0.1) is 17.3 Å². The number of benzene rings is 3. The summed E-state index contributed by atoms with van der Waals surface area (Å²) in [4.78, 5) is 6.39. The maximum atomic E-state index is 5.67. The number of nitrogens with zero attached hydrogens (tertiary/aromatic N) is 1. The number of fused-ring (bicyclic) bond motifs is 2. The van der Waals surface area contributed by atoms with Crippen LogP contribution < -0.4 is 10.1 Å². The molecule has 0 saturated carbocycles. The summed E-state index contributed by atoms with van der Waals surface area (Å²) in [6.45, 7) is 4.35. The fraction of sp³-hybridized carbons (Fsp3) is 0.240. The van der Waals surface area contributed by atoms with Gasteiger partial charge in [-0.05, 0) is 54.3 Å². The summed E-state index contributed by atoms with van der Waals surface area (Å²) >= 11 is 3.56. The Morgan fingerprint density at radius 1 is 1.07 bits per heavy atom. The number of thiazole rings is 1. The Balaban J connectivity index is 1.55. The van der Waals surface area contributed by atoms with Gasteiger partial charge in [-0.25, -0.2) is 4.98 Å². The summed E-state index contributed by atoms with van der Waals surface area (Å²) in [6, 6.07) is 19.6. The minimum absolute atomic E-state index is 0.128. The van der Waals surface area contributed by atoms with Gasteiger partial charge in [-0.1, -0.05) is 55.4 Å². The fourth-order valence-electron chi connectivity index (χ4n) is 3.90. The molecule has 1 aliphatic rings.